The van der Waals surface area contributed by atoms with E-state index in [0.717, 1.165) is 23.6 Å². The second kappa shape index (κ2) is 6.75. The molecule has 2 aromatic carbocycles. The largest absolute Gasteiger partial charge is 0.342 e. The molecule has 0 radical (unpaired) electrons. The fraction of sp³-hybridized carbons (Fsp3) is 0.286. The van der Waals surface area contributed by atoms with Gasteiger partial charge in [0.2, 0.25) is 5.91 Å². The monoisotopic (exact) mass is 346 g/mol. The summed E-state index contributed by atoms with van der Waals surface area (Å²) in [5.41, 5.74) is 2.24. The molecule has 1 amide bonds. The lowest BCUT2D eigenvalue weighted by molar-refractivity contribution is -0.123. The van der Waals surface area contributed by atoms with Gasteiger partial charge in [-0.2, -0.15) is 0 Å². The van der Waals surface area contributed by atoms with Crippen LogP contribution in [0.5, 0.6) is 0 Å². The number of carbonyl (C=O) groups excluding carboxylic acids is 1. The van der Waals surface area contributed by atoms with Crippen LogP contribution in [-0.4, -0.2) is 20.7 Å². The highest BCUT2D eigenvalue weighted by molar-refractivity contribution is 5.83. The van der Waals surface area contributed by atoms with E-state index < -0.39 is 0 Å². The van der Waals surface area contributed by atoms with Crippen molar-refractivity contribution >= 4 is 5.91 Å². The van der Waals surface area contributed by atoms with Crippen molar-refractivity contribution in [2.75, 3.05) is 0 Å². The third-order valence-corrected chi connectivity index (χ3v) is 5.16. The van der Waals surface area contributed by atoms with Gasteiger partial charge >= 0.3 is 0 Å². The topological polar surface area (TPSA) is 59.8 Å². The van der Waals surface area contributed by atoms with E-state index in [9.17, 15) is 4.79 Å². The van der Waals surface area contributed by atoms with Crippen LogP contribution in [0.2, 0.25) is 0 Å². The van der Waals surface area contributed by atoms with E-state index in [1.54, 1.807) is 0 Å². The van der Waals surface area contributed by atoms with Crippen LogP contribution in [0.1, 0.15) is 41.2 Å². The van der Waals surface area contributed by atoms with E-state index in [2.05, 4.69) is 27.6 Å². The standard InChI is InChI=1S/C21H22N4O/c1-14-23-24-20(25(14)2)19(16-11-7-4-8-12-16)22-21(26)18-13-17(18)15-9-5-3-6-10-15/h3-12,17-19H,13H2,1-2H3,(H,22,26)/t17-,18-,19+/m0/s1. The zero-order valence-electron chi connectivity index (χ0n) is 15.0. The first kappa shape index (κ1) is 16.5. The summed E-state index contributed by atoms with van der Waals surface area (Å²) < 4.78 is 1.93. The predicted molar refractivity (Wildman–Crippen MR) is 99.5 cm³/mol. The number of hydrogen-bond donors (Lipinski definition) is 1. The summed E-state index contributed by atoms with van der Waals surface area (Å²) in [4.78, 5) is 12.9. The molecule has 3 atom stereocenters. The van der Waals surface area contributed by atoms with E-state index in [1.807, 2.05) is 67.1 Å². The van der Waals surface area contributed by atoms with Crippen LogP contribution in [0.15, 0.2) is 60.7 Å². The van der Waals surface area contributed by atoms with Crippen molar-refractivity contribution in [2.24, 2.45) is 13.0 Å². The van der Waals surface area contributed by atoms with Gasteiger partial charge in [-0.05, 0) is 30.4 Å². The van der Waals surface area contributed by atoms with Gasteiger partial charge in [-0.25, -0.2) is 0 Å². The summed E-state index contributed by atoms with van der Waals surface area (Å²) >= 11 is 0. The minimum atomic E-state index is -0.299. The van der Waals surface area contributed by atoms with Gasteiger partial charge in [0.05, 0.1) is 0 Å². The van der Waals surface area contributed by atoms with Gasteiger partial charge in [0.25, 0.3) is 0 Å². The van der Waals surface area contributed by atoms with Gasteiger partial charge in [-0.15, -0.1) is 10.2 Å². The highest BCUT2D eigenvalue weighted by Gasteiger charge is 2.44. The lowest BCUT2D eigenvalue weighted by atomic mass is 10.1. The Morgan fingerprint density at radius 1 is 1.08 bits per heavy atom. The first-order chi connectivity index (χ1) is 12.6. The Kier molecular flexibility index (Phi) is 4.29. The van der Waals surface area contributed by atoms with Crippen LogP contribution < -0.4 is 5.32 Å². The van der Waals surface area contributed by atoms with Gasteiger partial charge in [0.15, 0.2) is 5.82 Å². The number of rotatable bonds is 5. The maximum atomic E-state index is 12.9. The second-order valence-electron chi connectivity index (χ2n) is 6.88. The molecule has 1 heterocycles. The summed E-state index contributed by atoms with van der Waals surface area (Å²) in [5.74, 6) is 1.99. The molecule has 5 nitrogen and oxygen atoms in total. The van der Waals surface area contributed by atoms with Gasteiger partial charge in [0.1, 0.15) is 11.9 Å². The van der Waals surface area contributed by atoms with Crippen LogP contribution in [0.25, 0.3) is 0 Å². The van der Waals surface area contributed by atoms with E-state index in [1.165, 1.54) is 5.56 Å². The van der Waals surface area contributed by atoms with Crippen molar-refractivity contribution in [2.45, 2.75) is 25.3 Å². The highest BCUT2D eigenvalue weighted by atomic mass is 16.2. The van der Waals surface area contributed by atoms with Crippen molar-refractivity contribution < 1.29 is 4.79 Å². The molecule has 0 aliphatic heterocycles. The molecule has 1 fully saturated rings. The average molecular weight is 346 g/mol. The van der Waals surface area contributed by atoms with E-state index in [4.69, 9.17) is 0 Å². The molecule has 5 heteroatoms. The molecular weight excluding hydrogens is 324 g/mol. The fourth-order valence-electron chi connectivity index (χ4n) is 3.42. The predicted octanol–water partition coefficient (Wildman–Crippen LogP) is 3.13. The second-order valence-corrected chi connectivity index (χ2v) is 6.88. The lowest BCUT2D eigenvalue weighted by Crippen LogP contribution is -2.32. The van der Waals surface area contributed by atoms with Crippen molar-refractivity contribution in [3.63, 3.8) is 0 Å². The normalized spacial score (nSPS) is 19.8. The Morgan fingerprint density at radius 2 is 1.73 bits per heavy atom. The maximum Gasteiger partial charge on any atom is 0.224 e. The lowest BCUT2D eigenvalue weighted by Gasteiger charge is -2.19. The summed E-state index contributed by atoms with van der Waals surface area (Å²) in [5, 5.41) is 11.7. The van der Waals surface area contributed by atoms with Gasteiger partial charge < -0.3 is 9.88 Å². The third kappa shape index (κ3) is 3.12. The molecule has 4 rings (SSSR count). The molecule has 1 saturated carbocycles. The minimum Gasteiger partial charge on any atom is -0.342 e. The number of nitrogens with one attached hydrogen (secondary N) is 1. The van der Waals surface area contributed by atoms with Crippen LogP contribution in [0.4, 0.5) is 0 Å². The molecule has 3 aromatic rings. The number of aryl methyl sites for hydroxylation is 1. The van der Waals surface area contributed by atoms with Gasteiger partial charge in [0, 0.05) is 13.0 Å². The third-order valence-electron chi connectivity index (χ3n) is 5.16. The molecule has 0 saturated heterocycles. The van der Waals surface area contributed by atoms with Crippen molar-refractivity contribution in [1.29, 1.82) is 0 Å². The molecular formula is C21H22N4O. The first-order valence-electron chi connectivity index (χ1n) is 8.91. The van der Waals surface area contributed by atoms with Crippen LogP contribution >= 0.6 is 0 Å². The van der Waals surface area contributed by atoms with Gasteiger partial charge in [-0.1, -0.05) is 60.7 Å². The Morgan fingerprint density at radius 3 is 2.35 bits per heavy atom. The summed E-state index contributed by atoms with van der Waals surface area (Å²) in [6, 6.07) is 19.9. The zero-order valence-corrected chi connectivity index (χ0v) is 15.0. The van der Waals surface area contributed by atoms with E-state index >= 15 is 0 Å². The molecule has 1 N–H and O–H groups in total. The van der Waals surface area contributed by atoms with Crippen molar-refractivity contribution in [1.82, 2.24) is 20.1 Å². The smallest absolute Gasteiger partial charge is 0.224 e. The van der Waals surface area contributed by atoms with Crippen molar-refractivity contribution in [3.8, 4) is 0 Å². The summed E-state index contributed by atoms with van der Waals surface area (Å²) in [6.07, 6.45) is 0.898. The molecule has 1 aromatic heterocycles. The SMILES string of the molecule is Cc1nnc([C@H](NC(=O)[C@H]2C[C@H]2c2ccccc2)c2ccccc2)n1C. The number of carbonyl (C=O) groups is 1. The zero-order chi connectivity index (χ0) is 18.1. The highest BCUT2D eigenvalue weighted by Crippen LogP contribution is 2.47. The molecule has 1 aliphatic rings. The average Bonchev–Trinajstić information content (AvgIpc) is 3.42. The molecule has 0 spiro atoms. The van der Waals surface area contributed by atoms with Crippen LogP contribution in [0.3, 0.4) is 0 Å². The van der Waals surface area contributed by atoms with E-state index in [0.29, 0.717) is 5.92 Å². The van der Waals surface area contributed by atoms with E-state index in [-0.39, 0.29) is 17.9 Å². The molecule has 26 heavy (non-hydrogen) atoms. The molecule has 1 aliphatic carbocycles. The van der Waals surface area contributed by atoms with Crippen LogP contribution in [-0.2, 0) is 11.8 Å². The van der Waals surface area contributed by atoms with Crippen molar-refractivity contribution in [3.05, 3.63) is 83.4 Å². The molecule has 0 unspecified atom stereocenters. The Bertz CT molecular complexity index is 904. The number of benzene rings is 2. The van der Waals surface area contributed by atoms with Crippen LogP contribution in [0, 0.1) is 12.8 Å². The molecule has 132 valence electrons. The fourth-order valence-corrected chi connectivity index (χ4v) is 3.42. The molecule has 0 bridgehead atoms. The minimum absolute atomic E-state index is 0.0259. The Balaban J connectivity index is 1.56. The quantitative estimate of drug-likeness (QED) is 0.772. The Hall–Kier alpha value is -2.95. The first-order valence-corrected chi connectivity index (χ1v) is 8.91. The number of amides is 1. The number of aromatic nitrogens is 3. The van der Waals surface area contributed by atoms with Gasteiger partial charge in [-0.3, -0.25) is 4.79 Å². The maximum absolute atomic E-state index is 12.9. The summed E-state index contributed by atoms with van der Waals surface area (Å²) in [7, 11) is 1.93. The number of hydrogen-bond acceptors (Lipinski definition) is 3. The number of nitrogens with zero attached hydrogens (tertiary/aromatic N) is 3. The summed E-state index contributed by atoms with van der Waals surface area (Å²) in [6.45, 7) is 1.91. The Labute approximate surface area is 153 Å².